The van der Waals surface area contributed by atoms with Crippen LogP contribution < -0.4 is 5.32 Å². The van der Waals surface area contributed by atoms with Crippen LogP contribution in [-0.4, -0.2) is 16.5 Å². The van der Waals surface area contributed by atoms with Crippen molar-refractivity contribution in [3.63, 3.8) is 0 Å². The summed E-state index contributed by atoms with van der Waals surface area (Å²) in [4.78, 5) is 12.4. The van der Waals surface area contributed by atoms with Crippen molar-refractivity contribution in [2.45, 2.75) is 57.4 Å². The molecule has 1 amide bonds. The number of benzene rings is 1. The molecule has 22 heavy (non-hydrogen) atoms. The molecule has 1 aliphatic carbocycles. The van der Waals surface area contributed by atoms with Gasteiger partial charge in [-0.05, 0) is 24.5 Å². The van der Waals surface area contributed by atoms with E-state index >= 15 is 0 Å². The van der Waals surface area contributed by atoms with Gasteiger partial charge in [0.2, 0.25) is 5.91 Å². The zero-order chi connectivity index (χ0) is 15.4. The molecule has 3 heteroatoms. The van der Waals surface area contributed by atoms with Crippen LogP contribution >= 0.6 is 0 Å². The van der Waals surface area contributed by atoms with Crippen molar-refractivity contribution in [1.29, 1.82) is 0 Å². The minimum Gasteiger partial charge on any atom is -0.353 e. The number of carbonyl (C=O) groups is 1. The van der Waals surface area contributed by atoms with Crippen molar-refractivity contribution in [1.82, 2.24) is 9.88 Å². The lowest BCUT2D eigenvalue weighted by atomic mass is 9.96. The molecule has 0 atom stereocenters. The van der Waals surface area contributed by atoms with E-state index in [2.05, 4.69) is 28.2 Å². The number of hydrogen-bond acceptors (Lipinski definition) is 1. The first-order valence-corrected chi connectivity index (χ1v) is 8.56. The average molecular weight is 298 g/mol. The first kappa shape index (κ1) is 15.1. The molecule has 0 radical (unpaired) electrons. The third-order valence-corrected chi connectivity index (χ3v) is 4.80. The summed E-state index contributed by atoms with van der Waals surface area (Å²) in [5, 5.41) is 4.45. The standard InChI is InChI=1S/C19H26N2O/c1-21-14-15(17-11-7-8-12-18(17)21)13-19(22)20-16-9-5-3-2-4-6-10-16/h7-8,11-12,14,16H,2-6,9-10,13H2,1H3,(H,20,22). The van der Waals surface area contributed by atoms with Crippen molar-refractivity contribution >= 4 is 16.8 Å². The number of nitrogens with zero attached hydrogens (tertiary/aromatic N) is 1. The number of amides is 1. The van der Waals surface area contributed by atoms with Gasteiger partial charge in [0.1, 0.15) is 0 Å². The number of nitrogens with one attached hydrogen (secondary N) is 1. The second kappa shape index (κ2) is 6.99. The van der Waals surface area contributed by atoms with E-state index < -0.39 is 0 Å². The van der Waals surface area contributed by atoms with Crippen molar-refractivity contribution in [3.8, 4) is 0 Å². The van der Waals surface area contributed by atoms with E-state index in [1.165, 1.54) is 43.0 Å². The Morgan fingerprint density at radius 1 is 1.14 bits per heavy atom. The normalized spacial score (nSPS) is 17.1. The van der Waals surface area contributed by atoms with Gasteiger partial charge in [0, 0.05) is 30.2 Å². The molecule has 0 bridgehead atoms. The minimum absolute atomic E-state index is 0.168. The summed E-state index contributed by atoms with van der Waals surface area (Å²) >= 11 is 0. The van der Waals surface area contributed by atoms with Gasteiger partial charge in [-0.2, -0.15) is 0 Å². The Kier molecular flexibility index (Phi) is 4.81. The highest BCUT2D eigenvalue weighted by atomic mass is 16.1. The van der Waals surface area contributed by atoms with Crippen LogP contribution in [-0.2, 0) is 18.3 Å². The van der Waals surface area contributed by atoms with Gasteiger partial charge in [-0.25, -0.2) is 0 Å². The first-order valence-electron chi connectivity index (χ1n) is 8.56. The second-order valence-corrected chi connectivity index (χ2v) is 6.57. The molecule has 0 unspecified atom stereocenters. The molecule has 0 saturated heterocycles. The van der Waals surface area contributed by atoms with Crippen LogP contribution in [0.25, 0.3) is 10.9 Å². The Morgan fingerprint density at radius 2 is 1.82 bits per heavy atom. The number of para-hydroxylation sites is 1. The van der Waals surface area contributed by atoms with Crippen LogP contribution in [0.3, 0.4) is 0 Å². The van der Waals surface area contributed by atoms with Gasteiger partial charge in [0.05, 0.1) is 6.42 Å². The molecule has 1 heterocycles. The summed E-state index contributed by atoms with van der Waals surface area (Å²) in [5.41, 5.74) is 2.32. The van der Waals surface area contributed by atoms with Gasteiger partial charge in [-0.15, -0.1) is 0 Å². The van der Waals surface area contributed by atoms with Gasteiger partial charge >= 0.3 is 0 Å². The smallest absolute Gasteiger partial charge is 0.224 e. The Balaban J connectivity index is 1.65. The van der Waals surface area contributed by atoms with Crippen molar-refractivity contribution in [3.05, 3.63) is 36.0 Å². The molecular formula is C19H26N2O. The molecule has 1 aliphatic rings. The molecule has 1 aromatic heterocycles. The van der Waals surface area contributed by atoms with Crippen LogP contribution in [0.1, 0.15) is 50.5 Å². The van der Waals surface area contributed by atoms with Gasteiger partial charge in [0.25, 0.3) is 0 Å². The summed E-state index contributed by atoms with van der Waals surface area (Å²) in [6, 6.07) is 8.67. The number of aryl methyl sites for hydroxylation is 1. The van der Waals surface area contributed by atoms with E-state index in [1.807, 2.05) is 19.2 Å². The molecule has 0 spiro atoms. The number of rotatable bonds is 3. The van der Waals surface area contributed by atoms with E-state index in [4.69, 9.17) is 0 Å². The first-order chi connectivity index (χ1) is 10.7. The van der Waals surface area contributed by atoms with Crippen LogP contribution in [0.4, 0.5) is 0 Å². The molecule has 1 saturated carbocycles. The van der Waals surface area contributed by atoms with E-state index in [-0.39, 0.29) is 5.91 Å². The summed E-state index contributed by atoms with van der Waals surface area (Å²) in [6.45, 7) is 0. The minimum atomic E-state index is 0.168. The zero-order valence-corrected chi connectivity index (χ0v) is 13.5. The van der Waals surface area contributed by atoms with Gasteiger partial charge in [-0.3, -0.25) is 4.79 Å². The van der Waals surface area contributed by atoms with E-state index in [1.54, 1.807) is 0 Å². The van der Waals surface area contributed by atoms with E-state index in [0.717, 1.165) is 18.4 Å². The van der Waals surface area contributed by atoms with E-state index in [9.17, 15) is 4.79 Å². The predicted octanol–water partition coefficient (Wildman–Crippen LogP) is 3.95. The number of hydrogen-bond donors (Lipinski definition) is 1. The molecule has 3 rings (SSSR count). The highest BCUT2D eigenvalue weighted by molar-refractivity contribution is 5.89. The van der Waals surface area contributed by atoms with E-state index in [0.29, 0.717) is 12.5 Å². The fourth-order valence-corrected chi connectivity index (χ4v) is 3.62. The highest BCUT2D eigenvalue weighted by Gasteiger charge is 2.16. The lowest BCUT2D eigenvalue weighted by Gasteiger charge is -2.21. The summed E-state index contributed by atoms with van der Waals surface area (Å²) in [7, 11) is 2.04. The van der Waals surface area contributed by atoms with Gasteiger partial charge in [-0.1, -0.05) is 50.3 Å². The molecular weight excluding hydrogens is 272 g/mol. The quantitative estimate of drug-likeness (QED) is 0.914. The van der Waals surface area contributed by atoms with Crippen molar-refractivity contribution in [2.24, 2.45) is 7.05 Å². The second-order valence-electron chi connectivity index (χ2n) is 6.57. The number of aromatic nitrogens is 1. The van der Waals surface area contributed by atoms with Crippen LogP contribution in [0.2, 0.25) is 0 Å². The Hall–Kier alpha value is -1.77. The molecule has 118 valence electrons. The fraction of sp³-hybridized carbons (Fsp3) is 0.526. The maximum Gasteiger partial charge on any atom is 0.224 e. The van der Waals surface area contributed by atoms with Gasteiger partial charge in [0.15, 0.2) is 0 Å². The molecule has 1 aromatic carbocycles. The molecule has 0 aliphatic heterocycles. The molecule has 3 nitrogen and oxygen atoms in total. The average Bonchev–Trinajstić information content (AvgIpc) is 2.79. The fourth-order valence-electron chi connectivity index (χ4n) is 3.62. The molecule has 1 fully saturated rings. The van der Waals surface area contributed by atoms with Crippen molar-refractivity contribution in [2.75, 3.05) is 0 Å². The monoisotopic (exact) mass is 298 g/mol. The highest BCUT2D eigenvalue weighted by Crippen LogP contribution is 2.21. The Morgan fingerprint density at radius 3 is 2.59 bits per heavy atom. The van der Waals surface area contributed by atoms with Gasteiger partial charge < -0.3 is 9.88 Å². The third kappa shape index (κ3) is 3.52. The maximum atomic E-state index is 12.4. The molecule has 1 N–H and O–H groups in total. The summed E-state index contributed by atoms with van der Waals surface area (Å²) < 4.78 is 2.10. The van der Waals surface area contributed by atoms with Crippen LogP contribution in [0.5, 0.6) is 0 Å². The number of carbonyl (C=O) groups excluding carboxylic acids is 1. The SMILES string of the molecule is Cn1cc(CC(=O)NC2CCCCCCC2)c2ccccc21. The maximum absolute atomic E-state index is 12.4. The number of fused-ring (bicyclic) bond motifs is 1. The summed E-state index contributed by atoms with van der Waals surface area (Å²) in [5.74, 6) is 0.168. The van der Waals surface area contributed by atoms with Crippen molar-refractivity contribution < 1.29 is 4.79 Å². The Labute approximate surface area is 132 Å². The molecule has 2 aromatic rings. The predicted molar refractivity (Wildman–Crippen MR) is 90.9 cm³/mol. The lowest BCUT2D eigenvalue weighted by Crippen LogP contribution is -2.36. The summed E-state index contributed by atoms with van der Waals surface area (Å²) in [6.07, 6.45) is 11.3. The third-order valence-electron chi connectivity index (χ3n) is 4.80. The lowest BCUT2D eigenvalue weighted by molar-refractivity contribution is -0.121. The topological polar surface area (TPSA) is 34.0 Å². The Bertz CT molecular complexity index is 636. The zero-order valence-electron chi connectivity index (χ0n) is 13.5. The largest absolute Gasteiger partial charge is 0.353 e. The van der Waals surface area contributed by atoms with Crippen LogP contribution in [0, 0.1) is 0 Å². The van der Waals surface area contributed by atoms with Crippen LogP contribution in [0.15, 0.2) is 30.5 Å².